The van der Waals surface area contributed by atoms with Crippen LogP contribution in [0.1, 0.15) is 29.5 Å². The Hall–Kier alpha value is -2.33. The molecule has 124 valence electrons. The topological polar surface area (TPSA) is 30.8 Å². The van der Waals surface area contributed by atoms with Crippen LogP contribution in [0.2, 0.25) is 0 Å². The van der Waals surface area contributed by atoms with E-state index >= 15 is 0 Å². The van der Waals surface area contributed by atoms with Gasteiger partial charge in [-0.25, -0.2) is 4.39 Å². The zero-order valence-corrected chi connectivity index (χ0v) is 14.0. The number of allylic oxidation sites excluding steroid dienone is 1. The van der Waals surface area contributed by atoms with E-state index in [2.05, 4.69) is 18.0 Å². The number of fused-ring (bicyclic) bond motifs is 2. The number of nitrogens with zero attached hydrogens (tertiary/aromatic N) is 1. The Kier molecular flexibility index (Phi) is 4.58. The molecule has 2 aromatic rings. The minimum absolute atomic E-state index is 0. The average molecular weight is 346 g/mol. The van der Waals surface area contributed by atoms with Crippen molar-refractivity contribution in [2.45, 2.75) is 12.8 Å². The van der Waals surface area contributed by atoms with E-state index in [4.69, 9.17) is 9.47 Å². The van der Waals surface area contributed by atoms with Crippen LogP contribution in [0, 0.1) is 5.82 Å². The first-order valence-corrected chi connectivity index (χ1v) is 7.63. The van der Waals surface area contributed by atoms with E-state index in [9.17, 15) is 4.39 Å². The van der Waals surface area contributed by atoms with Gasteiger partial charge < -0.3 is 9.47 Å². The van der Waals surface area contributed by atoms with Crippen LogP contribution in [0.15, 0.2) is 47.5 Å². The molecule has 0 saturated heterocycles. The first-order valence-electron chi connectivity index (χ1n) is 7.63. The van der Waals surface area contributed by atoms with E-state index in [1.165, 1.54) is 17.7 Å². The van der Waals surface area contributed by atoms with Crippen molar-refractivity contribution < 1.29 is 13.9 Å². The lowest BCUT2D eigenvalue weighted by atomic mass is 9.89. The maximum Gasteiger partial charge on any atom is 0.231 e. The number of hydrogen-bond acceptors (Lipinski definition) is 3. The number of hydrogen-bond donors (Lipinski definition) is 0. The number of benzene rings is 2. The first kappa shape index (κ1) is 16.5. The fourth-order valence-corrected chi connectivity index (χ4v) is 2.90. The maximum absolute atomic E-state index is 13.0. The Morgan fingerprint density at radius 2 is 1.79 bits per heavy atom. The lowest BCUT2D eigenvalue weighted by Gasteiger charge is -2.21. The van der Waals surface area contributed by atoms with Crippen LogP contribution in [0.3, 0.4) is 0 Å². The van der Waals surface area contributed by atoms with Gasteiger partial charge in [0.05, 0.1) is 5.71 Å². The van der Waals surface area contributed by atoms with Crippen LogP contribution < -0.4 is 9.47 Å². The zero-order valence-electron chi connectivity index (χ0n) is 13.2. The van der Waals surface area contributed by atoms with E-state index in [1.54, 1.807) is 12.1 Å². The molecule has 1 atom stereocenters. The van der Waals surface area contributed by atoms with Crippen LogP contribution >= 0.6 is 12.4 Å². The normalized spacial score (nSPS) is 18.1. The Labute approximate surface area is 146 Å². The van der Waals surface area contributed by atoms with Crippen molar-refractivity contribution in [2.75, 3.05) is 13.3 Å². The summed E-state index contributed by atoms with van der Waals surface area (Å²) >= 11 is 0. The van der Waals surface area contributed by atoms with Crippen LogP contribution in [0.5, 0.6) is 11.5 Å². The molecule has 24 heavy (non-hydrogen) atoms. The molecule has 0 amide bonds. The lowest BCUT2D eigenvalue weighted by Crippen LogP contribution is -2.14. The molecule has 0 bridgehead atoms. The molecule has 5 heteroatoms. The third-order valence-corrected chi connectivity index (χ3v) is 4.19. The summed E-state index contributed by atoms with van der Waals surface area (Å²) in [4.78, 5) is 4.67. The minimum atomic E-state index is -0.232. The van der Waals surface area contributed by atoms with Gasteiger partial charge in [-0.15, -0.1) is 12.4 Å². The third kappa shape index (κ3) is 3.02. The summed E-state index contributed by atoms with van der Waals surface area (Å²) < 4.78 is 23.9. The Morgan fingerprint density at radius 3 is 2.54 bits per heavy atom. The van der Waals surface area contributed by atoms with Crippen molar-refractivity contribution in [2.24, 2.45) is 4.99 Å². The van der Waals surface area contributed by atoms with Gasteiger partial charge in [-0.05, 0) is 41.5 Å². The molecule has 0 fully saturated rings. The lowest BCUT2D eigenvalue weighted by molar-refractivity contribution is 0.174. The van der Waals surface area contributed by atoms with E-state index in [1.807, 2.05) is 18.2 Å². The molecule has 2 heterocycles. The molecular formula is C19H17ClFNO2. The average Bonchev–Trinajstić information content (AvgIpc) is 3.02. The molecule has 0 aliphatic carbocycles. The van der Waals surface area contributed by atoms with Crippen molar-refractivity contribution in [3.05, 3.63) is 65.0 Å². The van der Waals surface area contributed by atoms with Gasteiger partial charge in [0.1, 0.15) is 5.82 Å². The smallest absolute Gasteiger partial charge is 0.231 e. The highest BCUT2D eigenvalue weighted by Gasteiger charge is 2.24. The molecule has 1 unspecified atom stereocenters. The number of halogens is 2. The van der Waals surface area contributed by atoms with Gasteiger partial charge in [0.2, 0.25) is 6.79 Å². The van der Waals surface area contributed by atoms with E-state index in [0.29, 0.717) is 5.92 Å². The van der Waals surface area contributed by atoms with Crippen LogP contribution in [0.4, 0.5) is 4.39 Å². The Bertz CT molecular complexity index is 815. The number of rotatable bonds is 2. The van der Waals surface area contributed by atoms with Crippen molar-refractivity contribution in [1.82, 2.24) is 0 Å². The highest BCUT2D eigenvalue weighted by atomic mass is 35.5. The third-order valence-electron chi connectivity index (χ3n) is 4.19. The van der Waals surface area contributed by atoms with Gasteiger partial charge in [0.25, 0.3) is 0 Å². The highest BCUT2D eigenvalue weighted by Crippen LogP contribution is 2.39. The second-order valence-electron chi connectivity index (χ2n) is 5.80. The first-order chi connectivity index (χ1) is 11.2. The van der Waals surface area contributed by atoms with Crippen molar-refractivity contribution in [3.63, 3.8) is 0 Å². The van der Waals surface area contributed by atoms with Gasteiger partial charge in [-0.1, -0.05) is 25.1 Å². The molecule has 4 rings (SSSR count). The summed E-state index contributed by atoms with van der Waals surface area (Å²) in [6.07, 6.45) is 3.92. The maximum atomic E-state index is 13.0. The fourth-order valence-electron chi connectivity index (χ4n) is 2.90. The van der Waals surface area contributed by atoms with Crippen molar-refractivity contribution >= 4 is 24.2 Å². The molecule has 0 radical (unpaired) electrons. The second-order valence-corrected chi connectivity index (χ2v) is 5.80. The van der Waals surface area contributed by atoms with Gasteiger partial charge in [0.15, 0.2) is 11.5 Å². The van der Waals surface area contributed by atoms with E-state index < -0.39 is 0 Å². The van der Waals surface area contributed by atoms with Gasteiger partial charge >= 0.3 is 0 Å². The Balaban J connectivity index is 0.00000169. The van der Waals surface area contributed by atoms with Crippen LogP contribution in [0.25, 0.3) is 6.08 Å². The zero-order chi connectivity index (χ0) is 15.8. The predicted octanol–water partition coefficient (Wildman–Crippen LogP) is 4.60. The van der Waals surface area contributed by atoms with Gasteiger partial charge in [0, 0.05) is 18.0 Å². The number of aliphatic imine (C=N–C) groups is 1. The van der Waals surface area contributed by atoms with E-state index in [0.717, 1.165) is 34.9 Å². The molecule has 0 saturated carbocycles. The molecule has 3 nitrogen and oxygen atoms in total. The summed E-state index contributed by atoms with van der Waals surface area (Å²) in [6.45, 7) is 3.17. The SMILES string of the molecule is CC1CN=C(C=Cc2ccc(F)cc2)c2cc3c(cc21)OCO3.Cl. The summed E-state index contributed by atoms with van der Waals surface area (Å²) in [7, 11) is 0. The summed E-state index contributed by atoms with van der Waals surface area (Å²) in [6, 6.07) is 10.5. The van der Waals surface area contributed by atoms with Gasteiger partial charge in [-0.2, -0.15) is 0 Å². The van der Waals surface area contributed by atoms with Crippen LogP contribution in [-0.2, 0) is 0 Å². The van der Waals surface area contributed by atoms with Crippen molar-refractivity contribution in [1.29, 1.82) is 0 Å². The van der Waals surface area contributed by atoms with Crippen LogP contribution in [-0.4, -0.2) is 19.0 Å². The molecule has 2 aliphatic heterocycles. The molecule has 2 aromatic carbocycles. The highest BCUT2D eigenvalue weighted by molar-refractivity contribution is 6.12. The Morgan fingerprint density at radius 1 is 1.08 bits per heavy atom. The second kappa shape index (κ2) is 6.65. The number of ether oxygens (including phenoxy) is 2. The molecule has 0 aromatic heterocycles. The largest absolute Gasteiger partial charge is 0.454 e. The summed E-state index contributed by atoms with van der Waals surface area (Å²) in [5.74, 6) is 1.69. The fraction of sp³-hybridized carbons (Fsp3) is 0.211. The predicted molar refractivity (Wildman–Crippen MR) is 95.1 cm³/mol. The molecule has 0 spiro atoms. The van der Waals surface area contributed by atoms with E-state index in [-0.39, 0.29) is 25.0 Å². The molecule has 2 aliphatic rings. The quantitative estimate of drug-likeness (QED) is 0.796. The molecule has 0 N–H and O–H groups in total. The standard InChI is InChI=1S/C19H16FNO2.ClH/c1-12-10-21-17(7-4-13-2-5-14(20)6-3-13)16-9-19-18(8-15(12)16)22-11-23-19;/h2-9,12H,10-11H2,1H3;1H. The minimum Gasteiger partial charge on any atom is -0.454 e. The monoisotopic (exact) mass is 345 g/mol. The molecular weight excluding hydrogens is 329 g/mol. The van der Waals surface area contributed by atoms with Gasteiger partial charge in [-0.3, -0.25) is 4.99 Å². The summed E-state index contributed by atoms with van der Waals surface area (Å²) in [5, 5.41) is 0. The summed E-state index contributed by atoms with van der Waals surface area (Å²) in [5.41, 5.74) is 4.16. The van der Waals surface area contributed by atoms with Crippen molar-refractivity contribution in [3.8, 4) is 11.5 Å².